The summed E-state index contributed by atoms with van der Waals surface area (Å²) in [6.45, 7) is 9.28. The first-order chi connectivity index (χ1) is 9.04. The molecule has 0 fully saturated rings. The number of rotatable bonds is 6. The van der Waals surface area contributed by atoms with E-state index >= 15 is 0 Å². The van der Waals surface area contributed by atoms with Gasteiger partial charge >= 0.3 is 0 Å². The minimum absolute atomic E-state index is 0.119. The quantitative estimate of drug-likeness (QED) is 0.866. The summed E-state index contributed by atoms with van der Waals surface area (Å²) in [5.74, 6) is 1.10. The molecule has 0 saturated carbocycles. The Labute approximate surface area is 114 Å². The van der Waals surface area contributed by atoms with Crippen molar-refractivity contribution in [3.05, 3.63) is 36.9 Å². The molecule has 0 spiro atoms. The lowest BCUT2D eigenvalue weighted by atomic mass is 10.1. The second-order valence-electron chi connectivity index (χ2n) is 5.79. The normalized spacial score (nSPS) is 11.9. The lowest BCUT2D eigenvalue weighted by molar-refractivity contribution is 0.409. The highest BCUT2D eigenvalue weighted by Gasteiger charge is 2.10. The molecule has 104 valence electrons. The van der Waals surface area contributed by atoms with Crippen LogP contribution in [-0.2, 0) is 19.6 Å². The maximum Gasteiger partial charge on any atom is 0.122 e. The second-order valence-corrected chi connectivity index (χ2v) is 5.79. The lowest BCUT2D eigenvalue weighted by Crippen LogP contribution is -2.35. The van der Waals surface area contributed by atoms with Gasteiger partial charge in [0.2, 0.25) is 0 Å². The third-order valence-corrected chi connectivity index (χ3v) is 2.95. The van der Waals surface area contributed by atoms with E-state index in [1.54, 1.807) is 0 Å². The summed E-state index contributed by atoms with van der Waals surface area (Å²) in [5.41, 5.74) is 0.119. The van der Waals surface area contributed by atoms with Gasteiger partial charge in [0, 0.05) is 43.4 Å². The first-order valence-corrected chi connectivity index (χ1v) is 6.75. The molecule has 0 radical (unpaired) electrons. The fourth-order valence-electron chi connectivity index (χ4n) is 1.90. The summed E-state index contributed by atoms with van der Waals surface area (Å²) >= 11 is 0. The minimum Gasteiger partial charge on any atom is -0.337 e. The van der Waals surface area contributed by atoms with Gasteiger partial charge in [0.15, 0.2) is 0 Å². The van der Waals surface area contributed by atoms with Crippen LogP contribution in [0.3, 0.4) is 0 Å². The lowest BCUT2D eigenvalue weighted by Gasteiger charge is -2.20. The van der Waals surface area contributed by atoms with Crippen molar-refractivity contribution in [2.75, 3.05) is 0 Å². The number of nitrogens with one attached hydrogen (secondary N) is 1. The van der Waals surface area contributed by atoms with Crippen LogP contribution in [0.5, 0.6) is 0 Å². The van der Waals surface area contributed by atoms with E-state index in [4.69, 9.17) is 0 Å². The Bertz CT molecular complexity index is 478. The summed E-state index contributed by atoms with van der Waals surface area (Å²) in [4.78, 5) is 8.46. The highest BCUT2D eigenvalue weighted by atomic mass is 15.1. The van der Waals surface area contributed by atoms with Crippen molar-refractivity contribution in [3.8, 4) is 0 Å². The van der Waals surface area contributed by atoms with Crippen LogP contribution in [0, 0.1) is 0 Å². The van der Waals surface area contributed by atoms with Crippen molar-refractivity contribution in [3.63, 3.8) is 0 Å². The van der Waals surface area contributed by atoms with Crippen molar-refractivity contribution in [1.82, 2.24) is 24.4 Å². The number of imidazole rings is 2. The van der Waals surface area contributed by atoms with Crippen LogP contribution < -0.4 is 5.32 Å². The van der Waals surface area contributed by atoms with Gasteiger partial charge in [-0.25, -0.2) is 9.97 Å². The summed E-state index contributed by atoms with van der Waals surface area (Å²) in [6.07, 6.45) is 10.7. The largest absolute Gasteiger partial charge is 0.337 e. The van der Waals surface area contributed by atoms with Gasteiger partial charge in [-0.3, -0.25) is 0 Å². The van der Waals surface area contributed by atoms with Crippen molar-refractivity contribution in [2.24, 2.45) is 0 Å². The van der Waals surface area contributed by atoms with Crippen LogP contribution in [-0.4, -0.2) is 24.6 Å². The molecule has 5 heteroatoms. The van der Waals surface area contributed by atoms with E-state index in [9.17, 15) is 0 Å². The number of nitrogens with zero attached hydrogens (tertiary/aromatic N) is 4. The molecule has 19 heavy (non-hydrogen) atoms. The van der Waals surface area contributed by atoms with E-state index in [-0.39, 0.29) is 5.54 Å². The van der Waals surface area contributed by atoms with Gasteiger partial charge in [-0.05, 0) is 27.2 Å². The average molecular weight is 261 g/mol. The topological polar surface area (TPSA) is 47.7 Å². The van der Waals surface area contributed by atoms with Gasteiger partial charge in [0.1, 0.15) is 5.82 Å². The summed E-state index contributed by atoms with van der Waals surface area (Å²) in [5, 5.41) is 3.47. The SMILES string of the molecule is CC(C)(C)NCc1nccn1CCCn1ccnc1. The maximum absolute atomic E-state index is 4.42. The predicted octanol–water partition coefficient (Wildman–Crippen LogP) is 2.06. The molecule has 2 rings (SSSR count). The smallest absolute Gasteiger partial charge is 0.122 e. The highest BCUT2D eigenvalue weighted by molar-refractivity contribution is 4.93. The standard InChI is InChI=1S/C14H23N5/c1-14(2,3)17-11-13-16-6-10-19(13)8-4-7-18-9-5-15-12-18/h5-6,9-10,12,17H,4,7-8,11H2,1-3H3. The Hall–Kier alpha value is -1.62. The molecule has 1 N–H and O–H groups in total. The molecular weight excluding hydrogens is 238 g/mol. The molecule has 0 aliphatic heterocycles. The fraction of sp³-hybridized carbons (Fsp3) is 0.571. The van der Waals surface area contributed by atoms with Crippen LogP contribution >= 0.6 is 0 Å². The third-order valence-electron chi connectivity index (χ3n) is 2.95. The zero-order valence-corrected chi connectivity index (χ0v) is 12.0. The molecule has 0 bridgehead atoms. The third kappa shape index (κ3) is 4.52. The molecule has 5 nitrogen and oxygen atoms in total. The monoisotopic (exact) mass is 261 g/mol. The van der Waals surface area contributed by atoms with E-state index < -0.39 is 0 Å². The Kier molecular flexibility index (Phi) is 4.37. The average Bonchev–Trinajstić information content (AvgIpc) is 2.96. The molecule has 0 aliphatic carbocycles. The van der Waals surface area contributed by atoms with Crippen molar-refractivity contribution in [2.45, 2.75) is 52.4 Å². The van der Waals surface area contributed by atoms with Crippen LogP contribution in [0.25, 0.3) is 0 Å². The first-order valence-electron chi connectivity index (χ1n) is 6.75. The second kappa shape index (κ2) is 6.02. The summed E-state index contributed by atoms with van der Waals surface area (Å²) in [6, 6.07) is 0. The Morgan fingerprint density at radius 1 is 1.16 bits per heavy atom. The van der Waals surface area contributed by atoms with E-state index in [1.165, 1.54) is 0 Å². The van der Waals surface area contributed by atoms with E-state index in [0.717, 1.165) is 31.9 Å². The molecule has 0 unspecified atom stereocenters. The molecule has 2 aromatic rings. The van der Waals surface area contributed by atoms with Gasteiger partial charge in [-0.2, -0.15) is 0 Å². The molecule has 0 aromatic carbocycles. The summed E-state index contributed by atoms with van der Waals surface area (Å²) in [7, 11) is 0. The van der Waals surface area contributed by atoms with Crippen molar-refractivity contribution >= 4 is 0 Å². The molecule has 2 heterocycles. The van der Waals surface area contributed by atoms with Gasteiger partial charge in [-0.15, -0.1) is 0 Å². The molecular formula is C14H23N5. The summed E-state index contributed by atoms with van der Waals surface area (Å²) < 4.78 is 4.32. The van der Waals surface area contributed by atoms with Crippen LogP contribution in [0.4, 0.5) is 0 Å². The number of aromatic nitrogens is 4. The fourth-order valence-corrected chi connectivity index (χ4v) is 1.90. The number of hydrogen-bond donors (Lipinski definition) is 1. The van der Waals surface area contributed by atoms with E-state index in [2.05, 4.69) is 45.2 Å². The Morgan fingerprint density at radius 3 is 2.68 bits per heavy atom. The van der Waals surface area contributed by atoms with Crippen LogP contribution in [0.1, 0.15) is 33.0 Å². The zero-order valence-electron chi connectivity index (χ0n) is 12.0. The maximum atomic E-state index is 4.42. The van der Waals surface area contributed by atoms with Gasteiger partial charge < -0.3 is 14.5 Å². The van der Waals surface area contributed by atoms with E-state index in [1.807, 2.05) is 31.1 Å². The van der Waals surface area contributed by atoms with Gasteiger partial charge in [-0.1, -0.05) is 0 Å². The molecule has 0 saturated heterocycles. The minimum atomic E-state index is 0.119. The van der Waals surface area contributed by atoms with Crippen LogP contribution in [0.2, 0.25) is 0 Å². The first kappa shape index (κ1) is 13.8. The Balaban J connectivity index is 1.82. The van der Waals surface area contributed by atoms with Gasteiger partial charge in [0.05, 0.1) is 12.9 Å². The number of aryl methyl sites for hydroxylation is 2. The zero-order chi connectivity index (χ0) is 13.7. The molecule has 2 aromatic heterocycles. The predicted molar refractivity (Wildman–Crippen MR) is 75.7 cm³/mol. The van der Waals surface area contributed by atoms with Crippen molar-refractivity contribution in [1.29, 1.82) is 0 Å². The molecule has 0 atom stereocenters. The van der Waals surface area contributed by atoms with Crippen molar-refractivity contribution < 1.29 is 0 Å². The highest BCUT2D eigenvalue weighted by Crippen LogP contribution is 2.04. The Morgan fingerprint density at radius 2 is 2.00 bits per heavy atom. The van der Waals surface area contributed by atoms with Gasteiger partial charge in [0.25, 0.3) is 0 Å². The molecule has 0 aliphatic rings. The number of hydrogen-bond acceptors (Lipinski definition) is 3. The van der Waals surface area contributed by atoms with E-state index in [0.29, 0.717) is 0 Å². The molecule has 0 amide bonds. The van der Waals surface area contributed by atoms with Crippen LogP contribution in [0.15, 0.2) is 31.1 Å².